The summed E-state index contributed by atoms with van der Waals surface area (Å²) < 4.78 is 27.0. The number of nitrogens with zero attached hydrogens (tertiary/aromatic N) is 2. The second kappa shape index (κ2) is 8.65. The van der Waals surface area contributed by atoms with Gasteiger partial charge < -0.3 is 10.2 Å². The maximum Gasteiger partial charge on any atom is 0.322 e. The van der Waals surface area contributed by atoms with Gasteiger partial charge in [-0.15, -0.1) is 0 Å². The van der Waals surface area contributed by atoms with Crippen molar-refractivity contribution in [2.45, 2.75) is 38.8 Å². The number of benzene rings is 1. The molecule has 0 bridgehead atoms. The monoisotopic (exact) mass is 470 g/mol. The number of urea groups is 1. The molecule has 1 aromatic carbocycles. The van der Waals surface area contributed by atoms with Crippen LogP contribution in [0, 0.1) is 11.8 Å². The second-order valence-corrected chi connectivity index (χ2v) is 10.7. The summed E-state index contributed by atoms with van der Waals surface area (Å²) in [6, 6.07) is 5.24. The molecule has 4 amide bonds. The lowest BCUT2D eigenvalue weighted by molar-refractivity contribution is -0.129. The predicted molar refractivity (Wildman–Crippen MR) is 121 cm³/mol. The van der Waals surface area contributed by atoms with Crippen molar-refractivity contribution in [2.75, 3.05) is 25.4 Å². The summed E-state index contributed by atoms with van der Waals surface area (Å²) in [6.45, 7) is 4.67. The Morgan fingerprint density at radius 1 is 1.18 bits per heavy atom. The zero-order valence-corrected chi connectivity index (χ0v) is 19.4. The third kappa shape index (κ3) is 4.79. The van der Waals surface area contributed by atoms with Gasteiger partial charge in [-0.25, -0.2) is 13.2 Å². The van der Waals surface area contributed by atoms with E-state index < -0.39 is 33.3 Å². The van der Waals surface area contributed by atoms with E-state index in [0.717, 1.165) is 28.7 Å². The quantitative estimate of drug-likeness (QED) is 0.493. The average molecular weight is 471 g/mol. The van der Waals surface area contributed by atoms with Crippen molar-refractivity contribution >= 4 is 27.9 Å². The lowest BCUT2D eigenvalue weighted by atomic mass is 9.94. The Kier molecular flexibility index (Phi) is 6.03. The third-order valence-corrected chi connectivity index (χ3v) is 8.28. The van der Waals surface area contributed by atoms with Crippen molar-refractivity contribution in [3.63, 3.8) is 0 Å². The molecular weight excluding hydrogens is 444 g/mol. The van der Waals surface area contributed by atoms with Crippen molar-refractivity contribution in [1.29, 1.82) is 0 Å². The molecule has 1 saturated heterocycles. The minimum Gasteiger partial charge on any atom is -0.338 e. The summed E-state index contributed by atoms with van der Waals surface area (Å²) in [5, 5.41) is 4.47. The normalized spacial score (nSPS) is 23.1. The summed E-state index contributed by atoms with van der Waals surface area (Å²) in [4.78, 5) is 36.9. The molecule has 0 saturated carbocycles. The van der Waals surface area contributed by atoms with E-state index in [4.69, 9.17) is 0 Å². The fourth-order valence-corrected chi connectivity index (χ4v) is 6.08. The van der Waals surface area contributed by atoms with Gasteiger partial charge in [-0.3, -0.25) is 14.9 Å². The molecule has 0 radical (unpaired) electrons. The van der Waals surface area contributed by atoms with Crippen LogP contribution in [0.5, 0.6) is 0 Å². The van der Waals surface area contributed by atoms with E-state index in [2.05, 4.69) is 22.5 Å². The Morgan fingerprint density at radius 3 is 2.61 bits per heavy atom. The number of nitrogens with one attached hydrogen (secondary N) is 2. The van der Waals surface area contributed by atoms with Gasteiger partial charge >= 0.3 is 6.03 Å². The molecule has 2 N–H and O–H groups in total. The molecule has 1 aromatic rings. The van der Waals surface area contributed by atoms with Gasteiger partial charge in [0.15, 0.2) is 0 Å². The summed E-state index contributed by atoms with van der Waals surface area (Å²) in [5.74, 6) is 5.32. The highest BCUT2D eigenvalue weighted by atomic mass is 32.2. The molecule has 33 heavy (non-hydrogen) atoms. The molecule has 0 spiro atoms. The number of carbonyl (C=O) groups excluding carboxylic acids is 3. The van der Waals surface area contributed by atoms with E-state index in [-0.39, 0.29) is 19.0 Å². The smallest absolute Gasteiger partial charge is 0.322 e. The van der Waals surface area contributed by atoms with Crippen LogP contribution in [0.2, 0.25) is 0 Å². The maximum atomic E-state index is 12.8. The first kappa shape index (κ1) is 23.0. The first-order valence-electron chi connectivity index (χ1n) is 10.8. The van der Waals surface area contributed by atoms with Crippen molar-refractivity contribution in [1.82, 2.24) is 19.8 Å². The molecule has 1 atom stereocenters. The Labute approximate surface area is 193 Å². The highest BCUT2D eigenvalue weighted by molar-refractivity contribution is 7.89. The summed E-state index contributed by atoms with van der Waals surface area (Å²) in [7, 11) is -3.76. The molecule has 3 aliphatic rings. The van der Waals surface area contributed by atoms with Crippen LogP contribution in [0.4, 0.5) is 4.79 Å². The number of hydrogen-bond acceptors (Lipinski definition) is 5. The van der Waals surface area contributed by atoms with Crippen LogP contribution in [0.15, 0.2) is 29.8 Å². The number of rotatable bonds is 3. The molecule has 3 heterocycles. The van der Waals surface area contributed by atoms with Gasteiger partial charge in [0, 0.05) is 44.2 Å². The fraction of sp³-hybridized carbons (Fsp3) is 0.435. The van der Waals surface area contributed by atoms with Crippen LogP contribution in [0.3, 0.4) is 0 Å². The van der Waals surface area contributed by atoms with Gasteiger partial charge in [0.2, 0.25) is 15.9 Å². The number of carbonyl (C=O) groups is 3. The Balaban J connectivity index is 1.44. The zero-order chi connectivity index (χ0) is 23.8. The largest absolute Gasteiger partial charge is 0.338 e. The SMILES string of the molecule is CC(=O)N1CCc2c(C#CC3=CCN(S(=O)(=O)C[C@@]4(C)NC(=O)NC4=O)CC3)cccc2C1. The topological polar surface area (TPSA) is 116 Å². The van der Waals surface area contributed by atoms with Crippen molar-refractivity contribution in [2.24, 2.45) is 0 Å². The van der Waals surface area contributed by atoms with Crippen LogP contribution in [-0.2, 0) is 32.6 Å². The lowest BCUT2D eigenvalue weighted by Crippen LogP contribution is -2.52. The van der Waals surface area contributed by atoms with Gasteiger partial charge in [0.05, 0.1) is 5.75 Å². The molecular formula is C23H26N4O5S. The maximum absolute atomic E-state index is 12.8. The molecule has 0 unspecified atom stereocenters. The minimum atomic E-state index is -3.76. The molecule has 0 aromatic heterocycles. The standard InChI is InChI=1S/C23H26N4O5S/c1-16(28)26-11-10-20-18(4-3-5-19(20)14-26)7-6-17-8-12-27(13-9-17)33(31,32)15-23(2)21(29)24-22(30)25-23/h3-5,8H,9-15H2,1-2H3,(H2,24,25,29,30)/t23-/m1/s1. The average Bonchev–Trinajstić information content (AvgIpc) is 3.02. The van der Waals surface area contributed by atoms with E-state index in [0.29, 0.717) is 19.5 Å². The van der Waals surface area contributed by atoms with E-state index in [1.807, 2.05) is 23.1 Å². The first-order valence-corrected chi connectivity index (χ1v) is 12.4. The van der Waals surface area contributed by atoms with Gasteiger partial charge in [0.1, 0.15) is 5.54 Å². The highest BCUT2D eigenvalue weighted by Gasteiger charge is 2.46. The molecule has 174 valence electrons. The van der Waals surface area contributed by atoms with Crippen molar-refractivity contribution in [3.8, 4) is 11.8 Å². The summed E-state index contributed by atoms with van der Waals surface area (Å²) >= 11 is 0. The minimum absolute atomic E-state index is 0.0638. The zero-order valence-electron chi connectivity index (χ0n) is 18.6. The number of fused-ring (bicyclic) bond motifs is 1. The Morgan fingerprint density at radius 2 is 1.97 bits per heavy atom. The van der Waals surface area contributed by atoms with E-state index in [1.165, 1.54) is 11.2 Å². The number of hydrogen-bond donors (Lipinski definition) is 2. The number of sulfonamides is 1. The molecule has 10 heteroatoms. The van der Waals surface area contributed by atoms with Crippen LogP contribution in [-0.4, -0.2) is 66.4 Å². The second-order valence-electron chi connectivity index (χ2n) is 8.72. The Bertz CT molecular complexity index is 1230. The van der Waals surface area contributed by atoms with Crippen molar-refractivity contribution < 1.29 is 22.8 Å². The van der Waals surface area contributed by atoms with Crippen LogP contribution in [0.1, 0.15) is 37.0 Å². The van der Waals surface area contributed by atoms with Gasteiger partial charge in [-0.2, -0.15) is 4.31 Å². The van der Waals surface area contributed by atoms with E-state index >= 15 is 0 Å². The Hall–Kier alpha value is -3.16. The van der Waals surface area contributed by atoms with Crippen LogP contribution >= 0.6 is 0 Å². The predicted octanol–water partition coefficient (Wildman–Crippen LogP) is 0.503. The molecule has 0 aliphatic carbocycles. The number of amides is 4. The molecule has 4 rings (SSSR count). The van der Waals surface area contributed by atoms with Gasteiger partial charge in [-0.05, 0) is 37.0 Å². The van der Waals surface area contributed by atoms with Crippen molar-refractivity contribution in [3.05, 3.63) is 46.5 Å². The van der Waals surface area contributed by atoms with Gasteiger partial charge in [-0.1, -0.05) is 30.0 Å². The first-order chi connectivity index (χ1) is 15.6. The van der Waals surface area contributed by atoms with E-state index in [9.17, 15) is 22.8 Å². The summed E-state index contributed by atoms with van der Waals surface area (Å²) in [6.07, 6.45) is 3.01. The summed E-state index contributed by atoms with van der Waals surface area (Å²) in [5.41, 5.74) is 2.58. The molecule has 1 fully saturated rings. The van der Waals surface area contributed by atoms with Crippen LogP contribution < -0.4 is 10.6 Å². The number of imide groups is 1. The lowest BCUT2D eigenvalue weighted by Gasteiger charge is -2.29. The van der Waals surface area contributed by atoms with Gasteiger partial charge in [0.25, 0.3) is 5.91 Å². The molecule has 3 aliphatic heterocycles. The van der Waals surface area contributed by atoms with Crippen LogP contribution in [0.25, 0.3) is 0 Å². The third-order valence-electron chi connectivity index (χ3n) is 6.22. The van der Waals surface area contributed by atoms with E-state index in [1.54, 1.807) is 13.0 Å². The molecule has 9 nitrogen and oxygen atoms in total. The fourth-order valence-electron chi connectivity index (χ4n) is 4.30. The highest BCUT2D eigenvalue weighted by Crippen LogP contribution is 2.23.